The molecule has 1 N–H and O–H groups in total. The SMILES string of the molecule is [CH2-]CCCCC[C@@H]1[C@@H](COc2cc(C(F)(F)F)cc(C(F)(F)F)c2)[C@H](O)C[C@H]1Cl.[Y]. The van der Waals surface area contributed by atoms with E-state index < -0.39 is 41.3 Å². The maximum Gasteiger partial charge on any atom is 0.416 e. The Labute approximate surface area is 202 Å². The van der Waals surface area contributed by atoms with Crippen molar-refractivity contribution >= 4 is 11.6 Å². The van der Waals surface area contributed by atoms with Gasteiger partial charge in [0.2, 0.25) is 0 Å². The molecule has 0 amide bonds. The molecule has 1 saturated carbocycles. The van der Waals surface area contributed by atoms with Gasteiger partial charge in [-0.15, -0.1) is 11.6 Å². The predicted octanol–water partition coefficient (Wildman–Crippen LogP) is 6.49. The molecule has 0 heterocycles. The fourth-order valence-electron chi connectivity index (χ4n) is 3.70. The summed E-state index contributed by atoms with van der Waals surface area (Å²) in [4.78, 5) is 0. The van der Waals surface area contributed by atoms with Crippen LogP contribution in [0.2, 0.25) is 0 Å². The van der Waals surface area contributed by atoms with Crippen LogP contribution in [0.15, 0.2) is 18.2 Å². The Balaban J connectivity index is 0.00000450. The van der Waals surface area contributed by atoms with Crippen LogP contribution < -0.4 is 4.74 Å². The minimum Gasteiger partial charge on any atom is -0.493 e. The quantitative estimate of drug-likeness (QED) is 0.179. The van der Waals surface area contributed by atoms with E-state index in [4.69, 9.17) is 16.3 Å². The molecule has 0 aliphatic heterocycles. The van der Waals surface area contributed by atoms with E-state index in [1.807, 2.05) is 0 Å². The summed E-state index contributed by atoms with van der Waals surface area (Å²) in [5.74, 6) is -1.11. The fourth-order valence-corrected chi connectivity index (χ4v) is 4.19. The van der Waals surface area contributed by atoms with Crippen LogP contribution in [0, 0.1) is 18.8 Å². The molecule has 1 aliphatic carbocycles. The molecule has 1 aliphatic rings. The van der Waals surface area contributed by atoms with Gasteiger partial charge in [-0.1, -0.05) is 19.3 Å². The molecule has 1 aromatic carbocycles. The molecule has 30 heavy (non-hydrogen) atoms. The average molecular weight is 535 g/mol. The van der Waals surface area contributed by atoms with Crippen LogP contribution in [0.1, 0.15) is 49.7 Å². The van der Waals surface area contributed by atoms with E-state index in [1.165, 1.54) is 0 Å². The molecule has 0 aromatic heterocycles. The maximum atomic E-state index is 13.0. The summed E-state index contributed by atoms with van der Waals surface area (Å²) in [6.07, 6.45) is -6.13. The summed E-state index contributed by atoms with van der Waals surface area (Å²) < 4.78 is 83.1. The van der Waals surface area contributed by atoms with Gasteiger partial charge in [-0.2, -0.15) is 32.8 Å². The Morgan fingerprint density at radius 2 is 1.53 bits per heavy atom. The van der Waals surface area contributed by atoms with Crippen molar-refractivity contribution in [2.24, 2.45) is 11.8 Å². The van der Waals surface area contributed by atoms with Gasteiger partial charge in [0.15, 0.2) is 0 Å². The van der Waals surface area contributed by atoms with Gasteiger partial charge < -0.3 is 16.8 Å². The second-order valence-corrected chi connectivity index (χ2v) is 7.96. The van der Waals surface area contributed by atoms with Gasteiger partial charge in [-0.3, -0.25) is 0 Å². The third-order valence-corrected chi connectivity index (χ3v) is 5.77. The number of halogens is 7. The second kappa shape index (κ2) is 11.7. The third-order valence-electron chi connectivity index (χ3n) is 5.27. The smallest absolute Gasteiger partial charge is 0.416 e. The molecule has 0 bridgehead atoms. The molecule has 1 fully saturated rings. The second-order valence-electron chi connectivity index (χ2n) is 7.40. The van der Waals surface area contributed by atoms with Gasteiger partial charge in [0, 0.05) is 44.0 Å². The average Bonchev–Trinajstić information content (AvgIpc) is 2.88. The van der Waals surface area contributed by atoms with Crippen molar-refractivity contribution in [3.63, 3.8) is 0 Å². The molecule has 169 valence electrons. The van der Waals surface area contributed by atoms with E-state index in [1.54, 1.807) is 0 Å². The number of rotatable bonds is 8. The summed E-state index contributed by atoms with van der Waals surface area (Å²) in [5, 5.41) is 9.93. The zero-order chi connectivity index (χ0) is 21.8. The zero-order valence-corrected chi connectivity index (χ0v) is 19.9. The van der Waals surface area contributed by atoms with Crippen LogP contribution in [0.5, 0.6) is 5.75 Å². The Morgan fingerprint density at radius 1 is 0.967 bits per heavy atom. The first-order valence-electron chi connectivity index (χ1n) is 9.47. The molecule has 1 aromatic rings. The van der Waals surface area contributed by atoms with Gasteiger partial charge in [0.05, 0.1) is 23.8 Å². The molecule has 0 saturated heterocycles. The molecular formula is C20H24ClF6O2Y-. The summed E-state index contributed by atoms with van der Waals surface area (Å²) in [6.45, 7) is 3.56. The Morgan fingerprint density at radius 3 is 2.03 bits per heavy atom. The van der Waals surface area contributed by atoms with Crippen molar-refractivity contribution in [3.8, 4) is 5.75 Å². The van der Waals surface area contributed by atoms with E-state index >= 15 is 0 Å². The van der Waals surface area contributed by atoms with Crippen LogP contribution in [-0.2, 0) is 45.1 Å². The molecule has 4 atom stereocenters. The van der Waals surface area contributed by atoms with Gasteiger partial charge in [0.1, 0.15) is 5.75 Å². The van der Waals surface area contributed by atoms with Crippen LogP contribution in [0.3, 0.4) is 0 Å². The van der Waals surface area contributed by atoms with Crippen LogP contribution >= 0.6 is 11.6 Å². The summed E-state index contributed by atoms with van der Waals surface area (Å²) in [7, 11) is 0. The van der Waals surface area contributed by atoms with Gasteiger partial charge in [-0.05, 0) is 37.0 Å². The first-order valence-corrected chi connectivity index (χ1v) is 9.90. The molecule has 1 radical (unpaired) electrons. The minimum absolute atomic E-state index is 0. The molecular weight excluding hydrogens is 511 g/mol. The van der Waals surface area contributed by atoms with Crippen molar-refractivity contribution in [2.75, 3.05) is 6.61 Å². The molecule has 2 rings (SSSR count). The van der Waals surface area contributed by atoms with E-state index in [9.17, 15) is 31.4 Å². The Bertz CT molecular complexity index is 635. The third kappa shape index (κ3) is 7.82. The molecule has 0 spiro atoms. The van der Waals surface area contributed by atoms with Crippen molar-refractivity contribution in [1.29, 1.82) is 0 Å². The van der Waals surface area contributed by atoms with E-state index in [0.717, 1.165) is 25.7 Å². The summed E-state index contributed by atoms with van der Waals surface area (Å²) in [6, 6.07) is 1.13. The van der Waals surface area contributed by atoms with Crippen molar-refractivity contribution < 1.29 is 68.9 Å². The van der Waals surface area contributed by atoms with E-state index in [2.05, 4.69) is 6.92 Å². The largest absolute Gasteiger partial charge is 0.493 e. The van der Waals surface area contributed by atoms with Gasteiger partial charge in [0.25, 0.3) is 0 Å². The Hall–Kier alpha value is -0.0461. The molecule has 2 nitrogen and oxygen atoms in total. The minimum atomic E-state index is -4.94. The maximum absolute atomic E-state index is 13.0. The fraction of sp³-hybridized carbons (Fsp3) is 0.650. The molecule has 0 unspecified atom stereocenters. The number of aliphatic hydroxyl groups excluding tert-OH is 1. The standard InChI is InChI=1S/C20H24ClF6O2.Y/c1-2-3-4-5-6-15-16(18(28)10-17(15)21)11-29-14-8-12(19(22,23)24)7-13(9-14)20(25,26)27;/h7-9,15-18,28H,1-6,10-11H2;/q-1;/t15-,16-,17-,18-;/m1./s1. The van der Waals surface area contributed by atoms with Gasteiger partial charge in [-0.25, -0.2) is 0 Å². The number of unbranched alkanes of at least 4 members (excludes halogenated alkanes) is 3. The number of alkyl halides is 7. The van der Waals surface area contributed by atoms with Crippen molar-refractivity contribution in [3.05, 3.63) is 36.2 Å². The van der Waals surface area contributed by atoms with Crippen LogP contribution in [-0.4, -0.2) is 23.2 Å². The predicted molar refractivity (Wildman–Crippen MR) is 97.6 cm³/mol. The summed E-state index contributed by atoms with van der Waals surface area (Å²) >= 11 is 6.31. The van der Waals surface area contributed by atoms with Gasteiger partial charge >= 0.3 is 12.4 Å². The Kier molecular flexibility index (Phi) is 10.9. The summed E-state index contributed by atoms with van der Waals surface area (Å²) in [5.41, 5.74) is -2.87. The topological polar surface area (TPSA) is 29.5 Å². The van der Waals surface area contributed by atoms with E-state index in [-0.39, 0.29) is 56.7 Å². The number of ether oxygens (including phenoxy) is 1. The van der Waals surface area contributed by atoms with Crippen LogP contribution in [0.25, 0.3) is 0 Å². The number of aliphatic hydroxyl groups is 1. The van der Waals surface area contributed by atoms with Crippen molar-refractivity contribution in [2.45, 2.75) is 62.4 Å². The number of hydrogen-bond acceptors (Lipinski definition) is 2. The first kappa shape index (κ1) is 28.0. The zero-order valence-electron chi connectivity index (χ0n) is 16.3. The molecule has 10 heteroatoms. The monoisotopic (exact) mass is 534 g/mol. The van der Waals surface area contributed by atoms with Crippen molar-refractivity contribution in [1.82, 2.24) is 0 Å². The van der Waals surface area contributed by atoms with Crippen LogP contribution in [0.4, 0.5) is 26.3 Å². The normalized spacial score (nSPS) is 24.6. The number of benzene rings is 1. The first-order chi connectivity index (χ1) is 13.4. The van der Waals surface area contributed by atoms with E-state index in [0.29, 0.717) is 25.0 Å². The number of hydrogen-bond donors (Lipinski definition) is 1.